The van der Waals surface area contributed by atoms with Gasteiger partial charge >= 0.3 is 0 Å². The number of hydrogen-bond donors (Lipinski definition) is 3. The lowest BCUT2D eigenvalue weighted by molar-refractivity contribution is -0.0829. The van der Waals surface area contributed by atoms with E-state index in [-0.39, 0.29) is 17.6 Å². The molecule has 0 aromatic heterocycles. The van der Waals surface area contributed by atoms with Gasteiger partial charge in [-0.1, -0.05) is 32.4 Å². The van der Waals surface area contributed by atoms with Crippen LogP contribution >= 0.6 is 0 Å². The maximum Gasteiger partial charge on any atom is 0.0724 e. The Morgan fingerprint density at radius 1 is 1.18 bits per heavy atom. The first-order chi connectivity index (χ1) is 10.4. The molecule has 0 bridgehead atoms. The summed E-state index contributed by atoms with van der Waals surface area (Å²) < 4.78 is 0. The fraction of sp³-hybridized carbons (Fsp3) is 0.895. The molecule has 3 N–H and O–H groups in total. The van der Waals surface area contributed by atoms with E-state index in [1.54, 1.807) is 0 Å². The minimum atomic E-state index is -0.313. The van der Waals surface area contributed by atoms with Crippen LogP contribution < -0.4 is 5.32 Å². The van der Waals surface area contributed by atoms with Gasteiger partial charge in [-0.25, -0.2) is 0 Å². The molecule has 4 rings (SSSR count). The number of fused-ring (bicyclic) bond motifs is 5. The minimum absolute atomic E-state index is 0.121. The molecule has 0 radical (unpaired) electrons. The highest BCUT2D eigenvalue weighted by Gasteiger charge is 2.60. The van der Waals surface area contributed by atoms with E-state index in [1.165, 1.54) is 18.4 Å². The predicted molar refractivity (Wildman–Crippen MR) is 87.3 cm³/mol. The summed E-state index contributed by atoms with van der Waals surface area (Å²) >= 11 is 0. The molecule has 4 aliphatic rings. The summed E-state index contributed by atoms with van der Waals surface area (Å²) in [6.45, 7) is 8.27. The van der Waals surface area contributed by atoms with Crippen molar-refractivity contribution in [2.75, 3.05) is 6.54 Å². The van der Waals surface area contributed by atoms with E-state index < -0.39 is 0 Å². The molecule has 3 aliphatic carbocycles. The molecular weight excluding hydrogens is 274 g/mol. The first-order valence-electron chi connectivity index (χ1n) is 9.17. The highest BCUT2D eigenvalue weighted by molar-refractivity contribution is 5.29. The van der Waals surface area contributed by atoms with Crippen LogP contribution in [0.1, 0.15) is 52.9 Å². The quantitative estimate of drug-likeness (QED) is 0.603. The van der Waals surface area contributed by atoms with Crippen LogP contribution in [0.25, 0.3) is 0 Å². The minimum Gasteiger partial charge on any atom is -0.392 e. The third kappa shape index (κ3) is 1.85. The SMILES string of the molecule is C[C@H]1CCC2C3C(O)CC4=C[C@@H](O)CC[C@]4(C)C3NC[C@@]21C. The summed E-state index contributed by atoms with van der Waals surface area (Å²) in [5.41, 5.74) is 1.76. The van der Waals surface area contributed by atoms with Crippen molar-refractivity contribution in [1.29, 1.82) is 0 Å². The van der Waals surface area contributed by atoms with Gasteiger partial charge < -0.3 is 15.5 Å². The van der Waals surface area contributed by atoms with Crippen molar-refractivity contribution in [1.82, 2.24) is 5.32 Å². The van der Waals surface area contributed by atoms with Gasteiger partial charge in [0.25, 0.3) is 0 Å². The number of hydrogen-bond acceptors (Lipinski definition) is 3. The number of aliphatic hydroxyl groups is 2. The van der Waals surface area contributed by atoms with Gasteiger partial charge in [-0.05, 0) is 49.4 Å². The standard InChI is InChI=1S/C19H31NO2/c1-11-4-5-14-16-15(22)9-12-8-13(21)6-7-18(12,2)17(16)20-10-19(11,14)3/h8,11,13-17,20-22H,4-7,9-10H2,1-3H3/t11-,13-,14?,15?,16?,17?,18-,19+/m0/s1. The normalized spacial score (nSPS) is 57.6. The van der Waals surface area contributed by atoms with Crippen LogP contribution in [0.5, 0.6) is 0 Å². The number of piperidine rings is 1. The van der Waals surface area contributed by atoms with Crippen LogP contribution in [-0.2, 0) is 0 Å². The molecule has 0 amide bonds. The van der Waals surface area contributed by atoms with Gasteiger partial charge in [0, 0.05) is 23.9 Å². The molecular formula is C19H31NO2. The fourth-order valence-electron chi connectivity index (χ4n) is 6.36. The zero-order valence-corrected chi connectivity index (χ0v) is 14.2. The summed E-state index contributed by atoms with van der Waals surface area (Å²) in [6, 6.07) is 0.373. The molecule has 3 nitrogen and oxygen atoms in total. The Labute approximate surface area is 134 Å². The van der Waals surface area contributed by atoms with E-state index in [9.17, 15) is 10.2 Å². The average molecular weight is 305 g/mol. The smallest absolute Gasteiger partial charge is 0.0724 e. The molecule has 22 heavy (non-hydrogen) atoms. The molecule has 0 spiro atoms. The third-order valence-corrected chi connectivity index (χ3v) is 8.08. The maximum atomic E-state index is 10.9. The van der Waals surface area contributed by atoms with E-state index in [1.807, 2.05) is 6.08 Å². The van der Waals surface area contributed by atoms with Gasteiger partial charge in [0.2, 0.25) is 0 Å². The van der Waals surface area contributed by atoms with Gasteiger partial charge in [0.15, 0.2) is 0 Å². The Morgan fingerprint density at radius 3 is 2.73 bits per heavy atom. The van der Waals surface area contributed by atoms with Crippen molar-refractivity contribution in [2.45, 2.75) is 71.1 Å². The third-order valence-electron chi connectivity index (χ3n) is 8.08. The lowest BCUT2D eigenvalue weighted by Crippen LogP contribution is -2.66. The first-order valence-corrected chi connectivity index (χ1v) is 9.17. The van der Waals surface area contributed by atoms with Gasteiger partial charge in [0.05, 0.1) is 12.2 Å². The molecule has 124 valence electrons. The summed E-state index contributed by atoms with van der Waals surface area (Å²) in [5.74, 6) is 1.77. The molecule has 1 aliphatic heterocycles. The van der Waals surface area contributed by atoms with Gasteiger partial charge in [0.1, 0.15) is 0 Å². The molecule has 3 fully saturated rings. The van der Waals surface area contributed by atoms with E-state index in [4.69, 9.17) is 0 Å². The van der Waals surface area contributed by atoms with Crippen molar-refractivity contribution >= 4 is 0 Å². The van der Waals surface area contributed by atoms with Crippen molar-refractivity contribution in [3.05, 3.63) is 11.6 Å². The fourth-order valence-corrected chi connectivity index (χ4v) is 6.36. The van der Waals surface area contributed by atoms with Crippen LogP contribution in [0.15, 0.2) is 11.6 Å². The second-order valence-corrected chi connectivity index (χ2v) is 9.01. The van der Waals surface area contributed by atoms with Crippen molar-refractivity contribution in [2.24, 2.45) is 28.6 Å². The van der Waals surface area contributed by atoms with Crippen molar-refractivity contribution < 1.29 is 10.2 Å². The average Bonchev–Trinajstić information content (AvgIpc) is 2.77. The van der Waals surface area contributed by atoms with Gasteiger partial charge in [-0.3, -0.25) is 0 Å². The molecule has 3 heteroatoms. The molecule has 1 heterocycles. The summed E-state index contributed by atoms with van der Waals surface area (Å²) in [6.07, 6.45) is 6.71. The lowest BCUT2D eigenvalue weighted by atomic mass is 9.51. The Balaban J connectivity index is 1.72. The lowest BCUT2D eigenvalue weighted by Gasteiger charge is -2.60. The Bertz CT molecular complexity index is 504. The molecule has 8 atom stereocenters. The highest BCUT2D eigenvalue weighted by atomic mass is 16.3. The van der Waals surface area contributed by atoms with Crippen LogP contribution in [0.2, 0.25) is 0 Å². The molecule has 0 aromatic carbocycles. The zero-order chi connectivity index (χ0) is 15.7. The first kappa shape index (κ1) is 15.2. The van der Waals surface area contributed by atoms with Crippen LogP contribution in [0.3, 0.4) is 0 Å². The predicted octanol–water partition coefficient (Wildman–Crippen LogP) is 2.48. The van der Waals surface area contributed by atoms with Gasteiger partial charge in [-0.15, -0.1) is 0 Å². The summed E-state index contributed by atoms with van der Waals surface area (Å²) in [4.78, 5) is 0. The topological polar surface area (TPSA) is 52.5 Å². The van der Waals surface area contributed by atoms with E-state index >= 15 is 0 Å². The van der Waals surface area contributed by atoms with Crippen LogP contribution in [-0.4, -0.2) is 35.0 Å². The second kappa shape index (κ2) is 4.81. The second-order valence-electron chi connectivity index (χ2n) is 9.01. The largest absolute Gasteiger partial charge is 0.392 e. The highest BCUT2D eigenvalue weighted by Crippen LogP contribution is 2.60. The number of rotatable bonds is 0. The Morgan fingerprint density at radius 2 is 1.95 bits per heavy atom. The molecule has 0 aromatic rings. The summed E-state index contributed by atoms with van der Waals surface area (Å²) in [5, 5.41) is 24.8. The Kier molecular flexibility index (Phi) is 3.32. The van der Waals surface area contributed by atoms with E-state index in [2.05, 4.69) is 26.1 Å². The van der Waals surface area contributed by atoms with E-state index in [0.29, 0.717) is 23.3 Å². The van der Waals surface area contributed by atoms with E-state index in [0.717, 1.165) is 31.7 Å². The van der Waals surface area contributed by atoms with Crippen LogP contribution in [0.4, 0.5) is 0 Å². The van der Waals surface area contributed by atoms with Crippen molar-refractivity contribution in [3.8, 4) is 0 Å². The monoisotopic (exact) mass is 305 g/mol. The molecule has 1 saturated heterocycles. The number of nitrogens with one attached hydrogen (secondary N) is 1. The summed E-state index contributed by atoms with van der Waals surface area (Å²) in [7, 11) is 0. The maximum absolute atomic E-state index is 10.9. The molecule has 2 saturated carbocycles. The Hall–Kier alpha value is -0.380. The zero-order valence-electron chi connectivity index (χ0n) is 14.2. The van der Waals surface area contributed by atoms with Gasteiger partial charge in [-0.2, -0.15) is 0 Å². The van der Waals surface area contributed by atoms with Crippen molar-refractivity contribution in [3.63, 3.8) is 0 Å². The molecule has 4 unspecified atom stereocenters. The number of aliphatic hydroxyl groups excluding tert-OH is 2. The van der Waals surface area contributed by atoms with Crippen LogP contribution in [0, 0.1) is 28.6 Å².